The van der Waals surface area contributed by atoms with Crippen molar-refractivity contribution in [1.29, 1.82) is 0 Å². The smallest absolute Gasteiger partial charge is 0.330 e. The van der Waals surface area contributed by atoms with E-state index in [4.69, 9.17) is 4.74 Å². The van der Waals surface area contributed by atoms with Crippen molar-refractivity contribution in [2.45, 2.75) is 46.5 Å². The normalized spacial score (nSPS) is 12.3. The van der Waals surface area contributed by atoms with Gasteiger partial charge in [-0.25, -0.2) is 4.79 Å². The summed E-state index contributed by atoms with van der Waals surface area (Å²) in [5.74, 6) is 0.172. The number of ketones is 1. The Morgan fingerprint density at radius 3 is 2.41 bits per heavy atom. The maximum Gasteiger partial charge on any atom is 0.330 e. The van der Waals surface area contributed by atoms with Crippen LogP contribution in [0.3, 0.4) is 0 Å². The molecule has 120 valence electrons. The van der Waals surface area contributed by atoms with Crippen LogP contribution in [0.1, 0.15) is 62.4 Å². The van der Waals surface area contributed by atoms with Gasteiger partial charge in [0.2, 0.25) is 0 Å². The van der Waals surface area contributed by atoms with Gasteiger partial charge in [0.15, 0.2) is 5.78 Å². The van der Waals surface area contributed by atoms with Gasteiger partial charge in [-0.05, 0) is 30.9 Å². The fourth-order valence-electron chi connectivity index (χ4n) is 2.14. The monoisotopic (exact) mass is 302 g/mol. The lowest BCUT2D eigenvalue weighted by Crippen LogP contribution is -2.12. The van der Waals surface area contributed by atoms with Gasteiger partial charge in [-0.1, -0.05) is 57.4 Å². The first-order valence-corrected chi connectivity index (χ1v) is 8.02. The van der Waals surface area contributed by atoms with Crippen LogP contribution >= 0.6 is 0 Å². The number of hydrogen-bond donors (Lipinski definition) is 0. The van der Waals surface area contributed by atoms with E-state index in [1.165, 1.54) is 25.8 Å². The molecule has 1 aromatic carbocycles. The molecule has 3 heteroatoms. The molecule has 0 radical (unpaired) electrons. The molecule has 1 aromatic rings. The van der Waals surface area contributed by atoms with E-state index in [2.05, 4.69) is 13.8 Å². The van der Waals surface area contributed by atoms with E-state index in [9.17, 15) is 9.59 Å². The molecule has 0 heterocycles. The summed E-state index contributed by atoms with van der Waals surface area (Å²) in [7, 11) is 0. The molecule has 0 aromatic heterocycles. The summed E-state index contributed by atoms with van der Waals surface area (Å²) in [5, 5.41) is 0. The zero-order valence-electron chi connectivity index (χ0n) is 13.8. The van der Waals surface area contributed by atoms with Crippen molar-refractivity contribution in [2.24, 2.45) is 5.92 Å². The van der Waals surface area contributed by atoms with Gasteiger partial charge in [-0.15, -0.1) is 0 Å². The lowest BCUT2D eigenvalue weighted by molar-refractivity contribution is -0.139. The maximum atomic E-state index is 11.7. The van der Waals surface area contributed by atoms with Crippen LogP contribution < -0.4 is 0 Å². The zero-order chi connectivity index (χ0) is 16.4. The third kappa shape index (κ3) is 6.70. The van der Waals surface area contributed by atoms with E-state index in [-0.39, 0.29) is 11.8 Å². The van der Waals surface area contributed by atoms with Gasteiger partial charge in [0.25, 0.3) is 0 Å². The Labute approximate surface area is 133 Å². The Hall–Kier alpha value is -1.90. The van der Waals surface area contributed by atoms with Gasteiger partial charge >= 0.3 is 5.97 Å². The van der Waals surface area contributed by atoms with Crippen molar-refractivity contribution in [2.75, 3.05) is 6.61 Å². The molecule has 0 N–H and O–H groups in total. The van der Waals surface area contributed by atoms with E-state index in [1.807, 2.05) is 12.1 Å². The van der Waals surface area contributed by atoms with Crippen molar-refractivity contribution < 1.29 is 14.3 Å². The third-order valence-corrected chi connectivity index (χ3v) is 3.73. The number of unbranched alkanes of at least 4 members (excludes halogenated alkanes) is 1. The van der Waals surface area contributed by atoms with Crippen LogP contribution in [0.25, 0.3) is 6.08 Å². The fourth-order valence-corrected chi connectivity index (χ4v) is 2.14. The summed E-state index contributed by atoms with van der Waals surface area (Å²) in [6.45, 7) is 6.31. The highest BCUT2D eigenvalue weighted by atomic mass is 16.5. The molecule has 1 rings (SSSR count). The first-order chi connectivity index (χ1) is 10.6. The molecular formula is C19H26O3. The van der Waals surface area contributed by atoms with Crippen molar-refractivity contribution in [3.8, 4) is 0 Å². The van der Waals surface area contributed by atoms with E-state index >= 15 is 0 Å². The van der Waals surface area contributed by atoms with Crippen LogP contribution in [0, 0.1) is 5.92 Å². The SMILES string of the molecule is CCCCC(CC)COC(=O)/C=C/c1ccc(C(C)=O)cc1. The standard InChI is InChI=1S/C19H26O3/c1-4-6-7-16(5-2)14-22-19(21)13-10-17-8-11-18(12-9-17)15(3)20/h8-13,16H,4-7,14H2,1-3H3/b13-10+. The van der Waals surface area contributed by atoms with Gasteiger partial charge in [-0.2, -0.15) is 0 Å². The molecule has 0 saturated heterocycles. The Morgan fingerprint density at radius 1 is 1.18 bits per heavy atom. The number of hydrogen-bond acceptors (Lipinski definition) is 3. The highest BCUT2D eigenvalue weighted by molar-refractivity contribution is 5.94. The molecule has 0 spiro atoms. The Morgan fingerprint density at radius 2 is 1.86 bits per heavy atom. The second-order valence-electron chi connectivity index (χ2n) is 5.56. The number of esters is 1. The van der Waals surface area contributed by atoms with Crippen LogP contribution in [-0.2, 0) is 9.53 Å². The van der Waals surface area contributed by atoms with Crippen LogP contribution in [-0.4, -0.2) is 18.4 Å². The lowest BCUT2D eigenvalue weighted by Gasteiger charge is -2.13. The topological polar surface area (TPSA) is 43.4 Å². The average molecular weight is 302 g/mol. The van der Waals surface area contributed by atoms with Crippen molar-refractivity contribution >= 4 is 17.8 Å². The van der Waals surface area contributed by atoms with Crippen molar-refractivity contribution in [3.05, 3.63) is 41.5 Å². The van der Waals surface area contributed by atoms with Gasteiger partial charge < -0.3 is 4.74 Å². The Bertz CT molecular complexity index is 500. The number of rotatable bonds is 9. The quantitative estimate of drug-likeness (QED) is 0.378. The number of ether oxygens (including phenoxy) is 1. The first-order valence-electron chi connectivity index (χ1n) is 8.02. The molecule has 0 saturated carbocycles. The minimum atomic E-state index is -0.314. The summed E-state index contributed by atoms with van der Waals surface area (Å²) in [5.41, 5.74) is 1.54. The van der Waals surface area contributed by atoms with Crippen LogP contribution in [0.2, 0.25) is 0 Å². The molecule has 0 aliphatic carbocycles. The summed E-state index contributed by atoms with van der Waals surface area (Å²) >= 11 is 0. The van der Waals surface area contributed by atoms with Gasteiger partial charge in [0.05, 0.1) is 6.61 Å². The molecule has 1 unspecified atom stereocenters. The van der Waals surface area contributed by atoms with Gasteiger partial charge in [-0.3, -0.25) is 4.79 Å². The Balaban J connectivity index is 2.44. The predicted octanol–water partition coefficient (Wildman–Crippen LogP) is 4.66. The number of Topliss-reactive ketones (excluding diaryl/α,β-unsaturated/α-hetero) is 1. The predicted molar refractivity (Wildman–Crippen MR) is 89.7 cm³/mol. The molecule has 0 aliphatic heterocycles. The minimum absolute atomic E-state index is 0.0348. The third-order valence-electron chi connectivity index (χ3n) is 3.73. The Kier molecular flexibility index (Phi) is 8.19. The van der Waals surface area contributed by atoms with Crippen molar-refractivity contribution in [3.63, 3.8) is 0 Å². The van der Waals surface area contributed by atoms with Crippen LogP contribution in [0.4, 0.5) is 0 Å². The van der Waals surface area contributed by atoms with Crippen LogP contribution in [0.15, 0.2) is 30.3 Å². The molecule has 0 bridgehead atoms. The van der Waals surface area contributed by atoms with Crippen LogP contribution in [0.5, 0.6) is 0 Å². The summed E-state index contributed by atoms with van der Waals surface area (Å²) in [4.78, 5) is 22.9. The summed E-state index contributed by atoms with van der Waals surface area (Å²) in [6, 6.07) is 7.14. The van der Waals surface area contributed by atoms with E-state index in [1.54, 1.807) is 18.2 Å². The largest absolute Gasteiger partial charge is 0.462 e. The molecule has 3 nitrogen and oxygen atoms in total. The average Bonchev–Trinajstić information content (AvgIpc) is 2.53. The second kappa shape index (κ2) is 9.93. The zero-order valence-corrected chi connectivity index (χ0v) is 13.8. The highest BCUT2D eigenvalue weighted by Crippen LogP contribution is 2.13. The highest BCUT2D eigenvalue weighted by Gasteiger charge is 2.08. The first kappa shape index (κ1) is 18.1. The van der Waals surface area contributed by atoms with E-state index in [0.717, 1.165) is 18.4 Å². The summed E-state index contributed by atoms with van der Waals surface area (Å²) < 4.78 is 5.30. The maximum absolute atomic E-state index is 11.7. The van der Waals surface area contributed by atoms with Gasteiger partial charge in [0.1, 0.15) is 0 Å². The molecule has 22 heavy (non-hydrogen) atoms. The number of carbonyl (C=O) groups is 2. The van der Waals surface area contributed by atoms with E-state index < -0.39 is 0 Å². The van der Waals surface area contributed by atoms with E-state index in [0.29, 0.717) is 18.1 Å². The molecule has 0 aliphatic rings. The molecule has 0 fully saturated rings. The lowest BCUT2D eigenvalue weighted by atomic mass is 10.0. The number of benzene rings is 1. The molecular weight excluding hydrogens is 276 g/mol. The molecule has 1 atom stereocenters. The number of carbonyl (C=O) groups excluding carboxylic acids is 2. The fraction of sp³-hybridized carbons (Fsp3) is 0.474. The van der Waals surface area contributed by atoms with Crippen molar-refractivity contribution in [1.82, 2.24) is 0 Å². The van der Waals surface area contributed by atoms with Gasteiger partial charge in [0, 0.05) is 11.6 Å². The molecule has 0 amide bonds. The second-order valence-corrected chi connectivity index (χ2v) is 5.56. The minimum Gasteiger partial charge on any atom is -0.462 e. The summed E-state index contributed by atoms with van der Waals surface area (Å²) in [6.07, 6.45) is 7.63.